The van der Waals surface area contributed by atoms with E-state index in [9.17, 15) is 8.42 Å². The van der Waals surface area contributed by atoms with Crippen molar-refractivity contribution in [3.05, 3.63) is 54.4 Å². The molecule has 0 atom stereocenters. The summed E-state index contributed by atoms with van der Waals surface area (Å²) < 4.78 is 33.4. The lowest BCUT2D eigenvalue weighted by Crippen LogP contribution is -2.39. The van der Waals surface area contributed by atoms with Crippen molar-refractivity contribution in [2.75, 3.05) is 13.7 Å². The molecule has 0 aliphatic heterocycles. The predicted molar refractivity (Wildman–Crippen MR) is 92.6 cm³/mol. The Kier molecular flexibility index (Phi) is 4.87. The van der Waals surface area contributed by atoms with Crippen LogP contribution in [0.2, 0.25) is 0 Å². The van der Waals surface area contributed by atoms with Crippen LogP contribution < -0.4 is 9.46 Å². The Bertz CT molecular complexity index is 785. The second kappa shape index (κ2) is 6.91. The van der Waals surface area contributed by atoms with Gasteiger partial charge in [-0.15, -0.1) is 0 Å². The molecule has 5 nitrogen and oxygen atoms in total. The van der Waals surface area contributed by atoms with E-state index in [0.717, 1.165) is 37.0 Å². The molecular formula is C18H22N2O3S. The fourth-order valence-electron chi connectivity index (χ4n) is 3.50. The van der Waals surface area contributed by atoms with Gasteiger partial charge < -0.3 is 4.74 Å². The van der Waals surface area contributed by atoms with Gasteiger partial charge in [-0.05, 0) is 31.0 Å². The van der Waals surface area contributed by atoms with Gasteiger partial charge in [0.15, 0.2) is 0 Å². The van der Waals surface area contributed by atoms with Crippen LogP contribution in [0.3, 0.4) is 0 Å². The first-order chi connectivity index (χ1) is 11.6. The number of sulfonamides is 1. The van der Waals surface area contributed by atoms with Gasteiger partial charge in [-0.3, -0.25) is 4.98 Å². The minimum Gasteiger partial charge on any atom is -0.496 e. The predicted octanol–water partition coefficient (Wildman–Crippen LogP) is 2.88. The molecule has 1 aromatic heterocycles. The van der Waals surface area contributed by atoms with Crippen LogP contribution in [0, 0.1) is 0 Å². The molecule has 1 aliphatic carbocycles. The van der Waals surface area contributed by atoms with Crippen molar-refractivity contribution in [3.8, 4) is 5.75 Å². The Hall–Kier alpha value is -1.92. The molecule has 1 aliphatic rings. The van der Waals surface area contributed by atoms with Crippen molar-refractivity contribution < 1.29 is 13.2 Å². The summed E-state index contributed by atoms with van der Waals surface area (Å²) in [6.07, 6.45) is 7.00. The summed E-state index contributed by atoms with van der Waals surface area (Å²) in [4.78, 5) is 4.09. The largest absolute Gasteiger partial charge is 0.496 e. The number of para-hydroxylation sites is 1. The summed E-state index contributed by atoms with van der Waals surface area (Å²) >= 11 is 0. The first-order valence-electron chi connectivity index (χ1n) is 8.11. The molecule has 128 valence electrons. The van der Waals surface area contributed by atoms with Gasteiger partial charge in [-0.2, -0.15) is 0 Å². The number of pyridine rings is 1. The first-order valence-corrected chi connectivity index (χ1v) is 9.59. The number of ether oxygens (including phenoxy) is 1. The number of hydrogen-bond acceptors (Lipinski definition) is 4. The Morgan fingerprint density at radius 3 is 2.58 bits per heavy atom. The van der Waals surface area contributed by atoms with Crippen LogP contribution in [0.4, 0.5) is 0 Å². The van der Waals surface area contributed by atoms with Gasteiger partial charge in [-0.1, -0.05) is 31.0 Å². The summed E-state index contributed by atoms with van der Waals surface area (Å²) in [7, 11) is -1.91. The molecule has 0 unspecified atom stereocenters. The molecule has 3 rings (SSSR count). The van der Waals surface area contributed by atoms with Crippen molar-refractivity contribution in [2.24, 2.45) is 0 Å². The van der Waals surface area contributed by atoms with Crippen molar-refractivity contribution in [1.29, 1.82) is 0 Å². The Balaban J connectivity index is 1.88. The molecule has 6 heteroatoms. The zero-order valence-corrected chi connectivity index (χ0v) is 14.6. The maximum atomic E-state index is 12.5. The van der Waals surface area contributed by atoms with E-state index in [0.29, 0.717) is 6.54 Å². The number of rotatable bonds is 6. The topological polar surface area (TPSA) is 68.3 Å². The third-order valence-electron chi connectivity index (χ3n) is 4.78. The zero-order chi connectivity index (χ0) is 17.0. The Morgan fingerprint density at radius 2 is 1.92 bits per heavy atom. The molecule has 0 saturated heterocycles. The van der Waals surface area contributed by atoms with E-state index in [1.807, 2.05) is 24.3 Å². The third kappa shape index (κ3) is 3.30. The molecule has 1 saturated carbocycles. The van der Waals surface area contributed by atoms with Gasteiger partial charge >= 0.3 is 0 Å². The number of nitrogens with one attached hydrogen (secondary N) is 1. The lowest BCUT2D eigenvalue weighted by atomic mass is 9.78. The van der Waals surface area contributed by atoms with Gasteiger partial charge in [0.05, 0.1) is 7.11 Å². The minimum atomic E-state index is -3.57. The summed E-state index contributed by atoms with van der Waals surface area (Å²) in [6, 6.07) is 11.1. The fourth-order valence-corrected chi connectivity index (χ4v) is 4.59. The molecule has 1 fully saturated rings. The van der Waals surface area contributed by atoms with Crippen LogP contribution in [0.1, 0.15) is 31.2 Å². The molecule has 2 aromatic rings. The molecular weight excluding hydrogens is 324 g/mol. The molecule has 1 aromatic carbocycles. The molecule has 0 bridgehead atoms. The van der Waals surface area contributed by atoms with E-state index in [4.69, 9.17) is 4.74 Å². The maximum absolute atomic E-state index is 12.5. The summed E-state index contributed by atoms with van der Waals surface area (Å²) in [5.74, 6) is 0.819. The van der Waals surface area contributed by atoms with Gasteiger partial charge in [0, 0.05) is 29.9 Å². The molecule has 0 spiro atoms. The highest BCUT2D eigenvalue weighted by Gasteiger charge is 2.38. The number of nitrogens with zero attached hydrogens (tertiary/aromatic N) is 1. The minimum absolute atomic E-state index is 0.193. The van der Waals surface area contributed by atoms with Crippen LogP contribution in [0.5, 0.6) is 5.75 Å². The van der Waals surface area contributed by atoms with E-state index >= 15 is 0 Å². The van der Waals surface area contributed by atoms with E-state index in [1.54, 1.807) is 25.4 Å². The quantitative estimate of drug-likeness (QED) is 0.873. The lowest BCUT2D eigenvalue weighted by Gasteiger charge is -2.31. The second-order valence-corrected chi connectivity index (χ2v) is 7.97. The molecule has 0 amide bonds. The molecule has 1 heterocycles. The monoisotopic (exact) mass is 346 g/mol. The van der Waals surface area contributed by atoms with Crippen LogP contribution in [0.15, 0.2) is 53.7 Å². The van der Waals surface area contributed by atoms with Crippen LogP contribution >= 0.6 is 0 Å². The number of benzene rings is 1. The highest BCUT2D eigenvalue weighted by Crippen LogP contribution is 2.44. The molecule has 24 heavy (non-hydrogen) atoms. The van der Waals surface area contributed by atoms with Crippen molar-refractivity contribution in [3.63, 3.8) is 0 Å². The standard InChI is InChI=1S/C18H22N2O3S/c1-23-17-9-3-2-8-16(17)18(10-4-5-11-18)14-20-24(21,22)15-7-6-12-19-13-15/h2-3,6-9,12-13,20H,4-5,10-11,14H2,1H3. The van der Waals surface area contributed by atoms with E-state index in [2.05, 4.69) is 9.71 Å². The van der Waals surface area contributed by atoms with E-state index in [1.165, 1.54) is 6.20 Å². The summed E-state index contributed by atoms with van der Waals surface area (Å²) in [5, 5.41) is 0. The van der Waals surface area contributed by atoms with Crippen LogP contribution in [-0.4, -0.2) is 27.1 Å². The fraction of sp³-hybridized carbons (Fsp3) is 0.389. The average molecular weight is 346 g/mol. The van der Waals surface area contributed by atoms with Crippen molar-refractivity contribution in [1.82, 2.24) is 9.71 Å². The van der Waals surface area contributed by atoms with Gasteiger partial charge in [0.2, 0.25) is 10.0 Å². The third-order valence-corrected chi connectivity index (χ3v) is 6.17. The van der Waals surface area contributed by atoms with Crippen molar-refractivity contribution >= 4 is 10.0 Å². The highest BCUT2D eigenvalue weighted by molar-refractivity contribution is 7.89. The molecule has 0 radical (unpaired) electrons. The maximum Gasteiger partial charge on any atom is 0.242 e. The SMILES string of the molecule is COc1ccccc1C1(CNS(=O)(=O)c2cccnc2)CCCC1. The average Bonchev–Trinajstić information content (AvgIpc) is 3.11. The first kappa shape index (κ1) is 16.9. The van der Waals surface area contributed by atoms with E-state index in [-0.39, 0.29) is 10.3 Å². The lowest BCUT2D eigenvalue weighted by molar-refractivity contribution is 0.372. The Labute approximate surface area is 143 Å². The van der Waals surface area contributed by atoms with E-state index < -0.39 is 10.0 Å². The number of aromatic nitrogens is 1. The van der Waals surface area contributed by atoms with Gasteiger partial charge in [0.25, 0.3) is 0 Å². The Morgan fingerprint density at radius 1 is 1.17 bits per heavy atom. The smallest absolute Gasteiger partial charge is 0.242 e. The zero-order valence-electron chi connectivity index (χ0n) is 13.7. The summed E-state index contributed by atoms with van der Waals surface area (Å²) in [5.41, 5.74) is 0.862. The second-order valence-electron chi connectivity index (χ2n) is 6.20. The summed E-state index contributed by atoms with van der Waals surface area (Å²) in [6.45, 7) is 0.366. The normalized spacial score (nSPS) is 16.9. The van der Waals surface area contributed by atoms with Crippen molar-refractivity contribution in [2.45, 2.75) is 36.0 Å². The number of methoxy groups -OCH3 is 1. The van der Waals surface area contributed by atoms with Crippen LogP contribution in [-0.2, 0) is 15.4 Å². The highest BCUT2D eigenvalue weighted by atomic mass is 32.2. The molecule has 1 N–H and O–H groups in total. The van der Waals surface area contributed by atoms with Gasteiger partial charge in [0.1, 0.15) is 10.6 Å². The number of hydrogen-bond donors (Lipinski definition) is 1. The van der Waals surface area contributed by atoms with Gasteiger partial charge in [-0.25, -0.2) is 13.1 Å². The van der Waals surface area contributed by atoms with Crippen LogP contribution in [0.25, 0.3) is 0 Å².